The number of fused-ring (bicyclic) bond motifs is 1. The molecule has 3 N–H and O–H groups in total. The minimum Gasteiger partial charge on any atom is -0.384 e. The molecule has 2 heterocycles. The van der Waals surface area contributed by atoms with E-state index in [1.165, 1.54) is 4.31 Å². The van der Waals surface area contributed by atoms with E-state index >= 15 is 0 Å². The zero-order valence-electron chi connectivity index (χ0n) is 13.0. The molecule has 7 heteroatoms. The summed E-state index contributed by atoms with van der Waals surface area (Å²) in [5.41, 5.74) is 8.90. The second-order valence-corrected chi connectivity index (χ2v) is 7.81. The van der Waals surface area contributed by atoms with Gasteiger partial charge in [-0.3, -0.25) is 0 Å². The largest absolute Gasteiger partial charge is 0.384 e. The Morgan fingerprint density at radius 3 is 2.75 bits per heavy atom. The minimum atomic E-state index is -3.70. The molecule has 4 rings (SSSR count). The lowest BCUT2D eigenvalue weighted by molar-refractivity contribution is 0.518. The second kappa shape index (κ2) is 5.52. The average molecular weight is 342 g/mol. The van der Waals surface area contributed by atoms with Gasteiger partial charge in [-0.25, -0.2) is 17.7 Å². The number of sulfonamides is 1. The van der Waals surface area contributed by atoms with Gasteiger partial charge in [-0.05, 0) is 35.7 Å². The molecule has 0 saturated heterocycles. The van der Waals surface area contributed by atoms with Gasteiger partial charge < -0.3 is 11.1 Å². The van der Waals surface area contributed by atoms with Gasteiger partial charge in [0.1, 0.15) is 0 Å². The van der Waals surface area contributed by atoms with Crippen LogP contribution in [0.4, 0.5) is 5.69 Å². The van der Waals surface area contributed by atoms with E-state index in [4.69, 9.17) is 5.73 Å². The number of anilines is 1. The Kier molecular flexibility index (Phi) is 3.45. The minimum absolute atomic E-state index is 0.0440. The zero-order chi connectivity index (χ0) is 16.7. The van der Waals surface area contributed by atoms with Crippen molar-refractivity contribution in [3.8, 4) is 0 Å². The molecule has 0 spiro atoms. The van der Waals surface area contributed by atoms with Crippen LogP contribution in [0.15, 0.2) is 58.4 Å². The first-order chi connectivity index (χ1) is 11.6. The lowest BCUT2D eigenvalue weighted by Gasteiger charge is -2.19. The van der Waals surface area contributed by atoms with E-state index in [0.29, 0.717) is 0 Å². The highest BCUT2D eigenvalue weighted by Crippen LogP contribution is 2.30. The lowest BCUT2D eigenvalue weighted by Crippen LogP contribution is -2.39. The van der Waals surface area contributed by atoms with Gasteiger partial charge in [0.25, 0.3) is 10.0 Å². The van der Waals surface area contributed by atoms with Crippen LogP contribution >= 0.6 is 0 Å². The maximum Gasteiger partial charge on any atom is 0.266 e. The fourth-order valence-corrected chi connectivity index (χ4v) is 4.58. The van der Waals surface area contributed by atoms with Gasteiger partial charge in [0.2, 0.25) is 5.96 Å². The highest BCUT2D eigenvalue weighted by atomic mass is 32.2. The second-order valence-electron chi connectivity index (χ2n) is 5.95. The van der Waals surface area contributed by atoms with Crippen molar-refractivity contribution in [2.75, 3.05) is 18.4 Å². The Bertz CT molecular complexity index is 909. The first-order valence-electron chi connectivity index (χ1n) is 7.83. The van der Waals surface area contributed by atoms with Crippen molar-refractivity contribution in [1.29, 1.82) is 0 Å². The van der Waals surface area contributed by atoms with Gasteiger partial charge >= 0.3 is 0 Å². The summed E-state index contributed by atoms with van der Waals surface area (Å²) in [6.07, 6.45) is 0.828. The molecule has 0 saturated carbocycles. The van der Waals surface area contributed by atoms with Crippen LogP contribution in [-0.4, -0.2) is 31.8 Å². The summed E-state index contributed by atoms with van der Waals surface area (Å²) in [6, 6.07) is 14.5. The Balaban J connectivity index is 1.65. The van der Waals surface area contributed by atoms with Gasteiger partial charge in [-0.1, -0.05) is 30.3 Å². The number of benzene rings is 2. The van der Waals surface area contributed by atoms with Gasteiger partial charge in [0, 0.05) is 12.2 Å². The molecule has 0 fully saturated rings. The van der Waals surface area contributed by atoms with Crippen LogP contribution in [0.5, 0.6) is 0 Å². The molecule has 0 amide bonds. The van der Waals surface area contributed by atoms with Crippen LogP contribution in [0.25, 0.3) is 0 Å². The van der Waals surface area contributed by atoms with Crippen LogP contribution in [0.1, 0.15) is 17.2 Å². The SMILES string of the molecule is NC1=NC(c2ccccc2)CN1S(=O)(=O)c1ccc2c(c1)CCN2. The van der Waals surface area contributed by atoms with Crippen molar-refractivity contribution < 1.29 is 8.42 Å². The summed E-state index contributed by atoms with van der Waals surface area (Å²) in [6.45, 7) is 1.07. The molecule has 0 bridgehead atoms. The molecule has 2 aliphatic heterocycles. The van der Waals surface area contributed by atoms with Gasteiger partial charge in [-0.2, -0.15) is 0 Å². The number of nitrogens with zero attached hydrogens (tertiary/aromatic N) is 2. The summed E-state index contributed by atoms with van der Waals surface area (Å²) < 4.78 is 27.1. The Hall–Kier alpha value is -2.54. The number of hydrogen-bond donors (Lipinski definition) is 2. The van der Waals surface area contributed by atoms with E-state index in [1.54, 1.807) is 12.1 Å². The third-order valence-corrected chi connectivity index (χ3v) is 6.21. The molecule has 2 aromatic carbocycles. The van der Waals surface area contributed by atoms with Crippen molar-refractivity contribution in [3.63, 3.8) is 0 Å². The van der Waals surface area contributed by atoms with E-state index in [-0.39, 0.29) is 23.4 Å². The maximum atomic E-state index is 13.0. The number of nitrogens with two attached hydrogens (primary N) is 1. The fraction of sp³-hybridized carbons (Fsp3) is 0.235. The molecule has 1 unspecified atom stereocenters. The van der Waals surface area contributed by atoms with Crippen molar-refractivity contribution in [2.45, 2.75) is 17.4 Å². The van der Waals surface area contributed by atoms with E-state index in [0.717, 1.165) is 29.8 Å². The average Bonchev–Trinajstić information content (AvgIpc) is 3.21. The molecular weight excluding hydrogens is 324 g/mol. The zero-order valence-corrected chi connectivity index (χ0v) is 13.8. The first kappa shape index (κ1) is 15.0. The molecular formula is C17H18N4O2S. The van der Waals surface area contributed by atoms with Crippen LogP contribution < -0.4 is 11.1 Å². The normalized spacial score (nSPS) is 19.8. The predicted octanol–water partition coefficient (Wildman–Crippen LogP) is 1.71. The van der Waals surface area contributed by atoms with E-state index in [9.17, 15) is 8.42 Å². The molecule has 2 aliphatic rings. The van der Waals surface area contributed by atoms with Crippen LogP contribution in [-0.2, 0) is 16.4 Å². The van der Waals surface area contributed by atoms with Crippen LogP contribution in [0.2, 0.25) is 0 Å². The molecule has 1 atom stereocenters. The Morgan fingerprint density at radius 1 is 1.17 bits per heavy atom. The Labute approximate surface area is 141 Å². The van der Waals surface area contributed by atoms with Gasteiger partial charge in [0.15, 0.2) is 0 Å². The third-order valence-electron chi connectivity index (χ3n) is 4.44. The first-order valence-corrected chi connectivity index (χ1v) is 9.27. The molecule has 2 aromatic rings. The van der Waals surface area contributed by atoms with Crippen LogP contribution in [0, 0.1) is 0 Å². The topological polar surface area (TPSA) is 87.8 Å². The van der Waals surface area contributed by atoms with E-state index in [1.807, 2.05) is 36.4 Å². The van der Waals surface area contributed by atoms with Crippen LogP contribution in [0.3, 0.4) is 0 Å². The molecule has 24 heavy (non-hydrogen) atoms. The number of nitrogens with one attached hydrogen (secondary N) is 1. The predicted molar refractivity (Wildman–Crippen MR) is 93.3 cm³/mol. The maximum absolute atomic E-state index is 13.0. The fourth-order valence-electron chi connectivity index (χ4n) is 3.16. The Morgan fingerprint density at radius 2 is 1.96 bits per heavy atom. The van der Waals surface area contributed by atoms with Crippen molar-refractivity contribution in [1.82, 2.24) is 4.31 Å². The summed E-state index contributed by atoms with van der Waals surface area (Å²) in [5, 5.41) is 3.23. The monoisotopic (exact) mass is 342 g/mol. The third kappa shape index (κ3) is 2.41. The van der Waals surface area contributed by atoms with Crippen molar-refractivity contribution >= 4 is 21.7 Å². The summed E-state index contributed by atoms with van der Waals surface area (Å²) in [5.74, 6) is 0.0440. The van der Waals surface area contributed by atoms with E-state index < -0.39 is 10.0 Å². The lowest BCUT2D eigenvalue weighted by atomic mass is 10.1. The number of guanidine groups is 1. The summed E-state index contributed by atoms with van der Waals surface area (Å²) in [7, 11) is -3.70. The van der Waals surface area contributed by atoms with Gasteiger partial charge in [-0.15, -0.1) is 0 Å². The summed E-state index contributed by atoms with van der Waals surface area (Å²) >= 11 is 0. The van der Waals surface area contributed by atoms with Crippen molar-refractivity contribution in [2.24, 2.45) is 10.7 Å². The molecule has 0 radical (unpaired) electrons. The molecule has 0 aromatic heterocycles. The van der Waals surface area contributed by atoms with E-state index in [2.05, 4.69) is 10.3 Å². The quantitative estimate of drug-likeness (QED) is 0.889. The highest BCUT2D eigenvalue weighted by Gasteiger charge is 2.34. The van der Waals surface area contributed by atoms with Crippen molar-refractivity contribution in [3.05, 3.63) is 59.7 Å². The smallest absolute Gasteiger partial charge is 0.266 e. The molecule has 124 valence electrons. The number of hydrogen-bond acceptors (Lipinski definition) is 5. The summed E-state index contributed by atoms with van der Waals surface area (Å²) in [4.78, 5) is 4.59. The standard InChI is InChI=1S/C17H18N4O2S/c18-17-20-16(12-4-2-1-3-5-12)11-21(17)24(22,23)14-6-7-15-13(10-14)8-9-19-15/h1-7,10,16,19H,8-9,11H2,(H2,18,20). The molecule has 0 aliphatic carbocycles. The number of aliphatic imine (C=N–C) groups is 1. The molecule has 6 nitrogen and oxygen atoms in total. The highest BCUT2D eigenvalue weighted by molar-refractivity contribution is 7.89. The number of rotatable bonds is 3. The van der Waals surface area contributed by atoms with Gasteiger partial charge in [0.05, 0.1) is 17.5 Å².